The monoisotopic (exact) mass is 265 g/mol. The van der Waals surface area contributed by atoms with Gasteiger partial charge in [0.05, 0.1) is 5.69 Å². The number of nitrogens with one attached hydrogen (secondary N) is 1. The lowest BCUT2D eigenvalue weighted by atomic mass is 10.0. The highest BCUT2D eigenvalue weighted by Gasteiger charge is 2.10. The Balaban J connectivity index is 2.42. The van der Waals surface area contributed by atoms with Crippen LogP contribution in [0.1, 0.15) is 71.5 Å². The van der Waals surface area contributed by atoms with Crippen molar-refractivity contribution in [2.45, 2.75) is 78.3 Å². The summed E-state index contributed by atoms with van der Waals surface area (Å²) in [7, 11) is 0. The number of nitrogens with zero attached hydrogens (tertiary/aromatic N) is 2. The van der Waals surface area contributed by atoms with E-state index in [9.17, 15) is 0 Å². The van der Waals surface area contributed by atoms with Crippen LogP contribution in [0.15, 0.2) is 12.3 Å². The van der Waals surface area contributed by atoms with Crippen molar-refractivity contribution in [1.82, 2.24) is 15.1 Å². The van der Waals surface area contributed by atoms with Gasteiger partial charge >= 0.3 is 0 Å². The van der Waals surface area contributed by atoms with Gasteiger partial charge in [0.25, 0.3) is 0 Å². The van der Waals surface area contributed by atoms with Crippen molar-refractivity contribution < 1.29 is 0 Å². The molecule has 0 aromatic carbocycles. The lowest BCUT2D eigenvalue weighted by molar-refractivity contribution is 0.453. The average molecular weight is 265 g/mol. The number of hydrogen-bond donors (Lipinski definition) is 1. The standard InChI is InChI=1S/C16H31N3/c1-5-7-8-9-10-15(17-6-2)13-16-11-12-19(18-16)14(3)4/h11-12,14-15,17H,5-10,13H2,1-4H3. The van der Waals surface area contributed by atoms with E-state index in [1.807, 2.05) is 0 Å². The minimum Gasteiger partial charge on any atom is -0.314 e. The topological polar surface area (TPSA) is 29.9 Å². The third-order valence-electron chi connectivity index (χ3n) is 3.55. The van der Waals surface area contributed by atoms with E-state index in [-0.39, 0.29) is 0 Å². The van der Waals surface area contributed by atoms with Gasteiger partial charge in [-0.1, -0.05) is 39.5 Å². The van der Waals surface area contributed by atoms with Gasteiger partial charge in [0.1, 0.15) is 0 Å². The van der Waals surface area contributed by atoms with Crippen LogP contribution in [0.3, 0.4) is 0 Å². The fourth-order valence-electron chi connectivity index (χ4n) is 2.41. The molecule has 0 radical (unpaired) electrons. The van der Waals surface area contributed by atoms with E-state index in [0.29, 0.717) is 12.1 Å². The second-order valence-corrected chi connectivity index (χ2v) is 5.69. The van der Waals surface area contributed by atoms with Crippen LogP contribution < -0.4 is 5.32 Å². The Morgan fingerprint density at radius 2 is 2.00 bits per heavy atom. The van der Waals surface area contributed by atoms with E-state index in [1.165, 1.54) is 37.8 Å². The molecule has 0 saturated heterocycles. The van der Waals surface area contributed by atoms with Crippen molar-refractivity contribution in [2.24, 2.45) is 0 Å². The van der Waals surface area contributed by atoms with Crippen molar-refractivity contribution in [1.29, 1.82) is 0 Å². The predicted molar refractivity (Wildman–Crippen MR) is 82.5 cm³/mol. The third kappa shape index (κ3) is 6.24. The molecule has 19 heavy (non-hydrogen) atoms. The molecule has 1 heterocycles. The number of unbranched alkanes of at least 4 members (excludes halogenated alkanes) is 3. The van der Waals surface area contributed by atoms with Crippen LogP contribution >= 0.6 is 0 Å². The van der Waals surface area contributed by atoms with E-state index < -0.39 is 0 Å². The average Bonchev–Trinajstić information content (AvgIpc) is 2.83. The summed E-state index contributed by atoms with van der Waals surface area (Å²) in [5.41, 5.74) is 1.22. The van der Waals surface area contributed by atoms with Crippen molar-refractivity contribution in [3.05, 3.63) is 18.0 Å². The first-order valence-electron chi connectivity index (χ1n) is 7.94. The molecule has 3 heteroatoms. The van der Waals surface area contributed by atoms with Crippen LogP contribution in [0.25, 0.3) is 0 Å². The lowest BCUT2D eigenvalue weighted by Crippen LogP contribution is -2.31. The normalized spacial score (nSPS) is 13.1. The van der Waals surface area contributed by atoms with Gasteiger partial charge in [0.15, 0.2) is 0 Å². The zero-order valence-electron chi connectivity index (χ0n) is 13.2. The van der Waals surface area contributed by atoms with Crippen LogP contribution in [0, 0.1) is 0 Å². The molecular weight excluding hydrogens is 234 g/mol. The number of aromatic nitrogens is 2. The number of rotatable bonds is 10. The van der Waals surface area contributed by atoms with Crippen LogP contribution in [0.2, 0.25) is 0 Å². The Hall–Kier alpha value is -0.830. The molecule has 110 valence electrons. The van der Waals surface area contributed by atoms with Crippen molar-refractivity contribution in [3.63, 3.8) is 0 Å². The largest absolute Gasteiger partial charge is 0.314 e. The van der Waals surface area contributed by atoms with Gasteiger partial charge in [-0.25, -0.2) is 0 Å². The maximum absolute atomic E-state index is 4.65. The highest BCUT2D eigenvalue weighted by atomic mass is 15.3. The van der Waals surface area contributed by atoms with Gasteiger partial charge < -0.3 is 5.32 Å². The SMILES string of the molecule is CCCCCCC(Cc1ccn(C(C)C)n1)NCC. The van der Waals surface area contributed by atoms with Crippen molar-refractivity contribution in [2.75, 3.05) is 6.54 Å². The number of likely N-dealkylation sites (N-methyl/N-ethyl adjacent to an activating group) is 1. The van der Waals surface area contributed by atoms with Crippen LogP contribution in [0.4, 0.5) is 0 Å². The summed E-state index contributed by atoms with van der Waals surface area (Å²) in [5.74, 6) is 0. The lowest BCUT2D eigenvalue weighted by Gasteiger charge is -2.16. The van der Waals surface area contributed by atoms with Crippen LogP contribution in [-0.4, -0.2) is 22.4 Å². The molecule has 0 aliphatic heterocycles. The summed E-state index contributed by atoms with van der Waals surface area (Å²) in [6.07, 6.45) is 9.78. The molecule has 0 amide bonds. The molecule has 1 rings (SSSR count). The fraction of sp³-hybridized carbons (Fsp3) is 0.812. The van der Waals surface area contributed by atoms with Gasteiger partial charge in [0.2, 0.25) is 0 Å². The third-order valence-corrected chi connectivity index (χ3v) is 3.55. The second-order valence-electron chi connectivity index (χ2n) is 5.69. The minimum absolute atomic E-state index is 0.455. The minimum atomic E-state index is 0.455. The Kier molecular flexibility index (Phi) is 7.80. The Morgan fingerprint density at radius 1 is 1.21 bits per heavy atom. The highest BCUT2D eigenvalue weighted by Crippen LogP contribution is 2.11. The first kappa shape index (κ1) is 16.2. The summed E-state index contributed by atoms with van der Waals surface area (Å²) in [6, 6.07) is 3.20. The summed E-state index contributed by atoms with van der Waals surface area (Å²) < 4.78 is 2.05. The molecule has 1 N–H and O–H groups in total. The molecule has 0 fully saturated rings. The molecule has 0 spiro atoms. The summed E-state index contributed by atoms with van der Waals surface area (Å²) in [6.45, 7) is 9.84. The van der Waals surface area contributed by atoms with Crippen LogP contribution in [0.5, 0.6) is 0 Å². The van der Waals surface area contributed by atoms with Crippen molar-refractivity contribution >= 4 is 0 Å². The van der Waals surface area contributed by atoms with Gasteiger partial charge in [-0.15, -0.1) is 0 Å². The molecule has 3 nitrogen and oxygen atoms in total. The molecule has 1 unspecified atom stereocenters. The Morgan fingerprint density at radius 3 is 2.58 bits per heavy atom. The van der Waals surface area contributed by atoms with Crippen LogP contribution in [-0.2, 0) is 6.42 Å². The summed E-state index contributed by atoms with van der Waals surface area (Å²) >= 11 is 0. The molecule has 1 aromatic rings. The zero-order chi connectivity index (χ0) is 14.1. The summed E-state index contributed by atoms with van der Waals surface area (Å²) in [5, 5.41) is 8.25. The first-order chi connectivity index (χ1) is 9.17. The van der Waals surface area contributed by atoms with E-state index in [4.69, 9.17) is 0 Å². The van der Waals surface area contributed by atoms with Crippen molar-refractivity contribution in [3.8, 4) is 0 Å². The van der Waals surface area contributed by atoms with E-state index in [2.05, 4.69) is 55.1 Å². The van der Waals surface area contributed by atoms with Gasteiger partial charge in [-0.3, -0.25) is 4.68 Å². The van der Waals surface area contributed by atoms with Gasteiger partial charge in [-0.2, -0.15) is 5.10 Å². The molecule has 0 aliphatic carbocycles. The fourth-order valence-corrected chi connectivity index (χ4v) is 2.41. The molecular formula is C16H31N3. The Bertz CT molecular complexity index is 330. The van der Waals surface area contributed by atoms with E-state index in [0.717, 1.165) is 13.0 Å². The molecule has 0 bridgehead atoms. The molecule has 0 saturated carbocycles. The van der Waals surface area contributed by atoms with E-state index >= 15 is 0 Å². The Labute approximate surface area is 118 Å². The zero-order valence-corrected chi connectivity index (χ0v) is 13.2. The second kappa shape index (κ2) is 9.13. The maximum Gasteiger partial charge on any atom is 0.0640 e. The smallest absolute Gasteiger partial charge is 0.0640 e. The molecule has 1 aromatic heterocycles. The molecule has 0 aliphatic rings. The predicted octanol–water partition coefficient (Wildman–Crippen LogP) is 3.96. The van der Waals surface area contributed by atoms with E-state index in [1.54, 1.807) is 0 Å². The molecule has 1 atom stereocenters. The number of hydrogen-bond acceptors (Lipinski definition) is 2. The highest BCUT2D eigenvalue weighted by molar-refractivity contribution is 5.02. The maximum atomic E-state index is 4.65. The van der Waals surface area contributed by atoms with Gasteiger partial charge in [0, 0.05) is 24.7 Å². The quantitative estimate of drug-likeness (QED) is 0.649. The first-order valence-corrected chi connectivity index (χ1v) is 7.94. The van der Waals surface area contributed by atoms with Gasteiger partial charge in [-0.05, 0) is 32.9 Å². The summed E-state index contributed by atoms with van der Waals surface area (Å²) in [4.78, 5) is 0.